The Morgan fingerprint density at radius 3 is 1.93 bits per heavy atom. The van der Waals surface area contributed by atoms with Gasteiger partial charge in [-0.1, -0.05) is 47.5 Å². The van der Waals surface area contributed by atoms with Gasteiger partial charge in [0.15, 0.2) is 0 Å². The summed E-state index contributed by atoms with van der Waals surface area (Å²) < 4.78 is 4.78. The van der Waals surface area contributed by atoms with Gasteiger partial charge in [-0.15, -0.1) is 0 Å². The van der Waals surface area contributed by atoms with Gasteiger partial charge in [0.2, 0.25) is 11.8 Å². The minimum atomic E-state index is -0.717. The molecule has 1 saturated carbocycles. The average Bonchev–Trinajstić information content (AvgIpc) is 2.63. The van der Waals surface area contributed by atoms with Gasteiger partial charge in [-0.2, -0.15) is 0 Å². The Kier molecular flexibility index (Phi) is 9.81. The molecule has 0 radical (unpaired) electrons. The molecule has 1 aliphatic carbocycles. The Morgan fingerprint density at radius 2 is 1.48 bits per heavy atom. The summed E-state index contributed by atoms with van der Waals surface area (Å²) in [5, 5.41) is 5.68. The van der Waals surface area contributed by atoms with E-state index in [0.29, 0.717) is 0 Å². The lowest BCUT2D eigenvalue weighted by atomic mass is 9.79. The summed E-state index contributed by atoms with van der Waals surface area (Å²) in [5.74, 6) is -0.306. The first kappa shape index (κ1) is 23.4. The van der Waals surface area contributed by atoms with Gasteiger partial charge in [-0.25, -0.2) is 4.79 Å². The van der Waals surface area contributed by atoms with Crippen molar-refractivity contribution in [1.82, 2.24) is 10.6 Å². The van der Waals surface area contributed by atoms with E-state index in [0.717, 1.165) is 31.6 Å². The zero-order valence-corrected chi connectivity index (χ0v) is 17.8. The van der Waals surface area contributed by atoms with Gasteiger partial charge in [-0.05, 0) is 43.4 Å². The molecule has 2 atom stereocenters. The van der Waals surface area contributed by atoms with Gasteiger partial charge >= 0.3 is 5.97 Å². The maximum atomic E-state index is 12.7. The molecule has 0 heterocycles. The third-order valence-electron chi connectivity index (χ3n) is 5.58. The molecule has 0 aromatic rings. The fraction of sp³-hybridized carbons (Fsp3) is 0.857. The topological polar surface area (TPSA) is 84.5 Å². The minimum absolute atomic E-state index is 0.0198. The highest BCUT2D eigenvalue weighted by molar-refractivity contribution is 5.91. The predicted octanol–water partition coefficient (Wildman–Crippen LogP) is 3.05. The first-order chi connectivity index (χ1) is 12.7. The van der Waals surface area contributed by atoms with Crippen LogP contribution in [0.2, 0.25) is 0 Å². The fourth-order valence-corrected chi connectivity index (χ4v) is 3.80. The Hall–Kier alpha value is -1.59. The van der Waals surface area contributed by atoms with E-state index in [2.05, 4.69) is 17.6 Å². The van der Waals surface area contributed by atoms with Crippen LogP contribution in [0.5, 0.6) is 0 Å². The molecular weight excluding hydrogens is 344 g/mol. The molecule has 0 aromatic heterocycles. The van der Waals surface area contributed by atoms with Gasteiger partial charge in [0.05, 0.1) is 7.11 Å². The SMILES string of the molecule is CCCC1CCC(C(=O)N[C@H](C(=O)N[C@H](C(=O)OC)C(C)C)C(C)C)CC1. The number of hydrogen-bond donors (Lipinski definition) is 2. The van der Waals surface area contributed by atoms with Crippen molar-refractivity contribution < 1.29 is 19.1 Å². The molecule has 0 spiro atoms. The molecule has 1 aliphatic rings. The third-order valence-corrected chi connectivity index (χ3v) is 5.58. The molecule has 0 aromatic carbocycles. The van der Waals surface area contributed by atoms with Crippen LogP contribution in [0.3, 0.4) is 0 Å². The van der Waals surface area contributed by atoms with E-state index in [1.54, 1.807) is 0 Å². The molecule has 1 fully saturated rings. The monoisotopic (exact) mass is 382 g/mol. The van der Waals surface area contributed by atoms with Crippen LogP contribution in [0, 0.1) is 23.7 Å². The van der Waals surface area contributed by atoms with Crippen LogP contribution in [0.25, 0.3) is 0 Å². The Labute approximate surface area is 164 Å². The van der Waals surface area contributed by atoms with Crippen LogP contribution in [0.15, 0.2) is 0 Å². The summed E-state index contributed by atoms with van der Waals surface area (Å²) in [7, 11) is 1.31. The molecule has 27 heavy (non-hydrogen) atoms. The van der Waals surface area contributed by atoms with Crippen LogP contribution in [-0.2, 0) is 19.1 Å². The van der Waals surface area contributed by atoms with E-state index in [1.165, 1.54) is 20.0 Å². The molecule has 0 saturated heterocycles. The smallest absolute Gasteiger partial charge is 0.328 e. The van der Waals surface area contributed by atoms with Gasteiger partial charge in [-0.3, -0.25) is 9.59 Å². The number of carbonyl (C=O) groups excluding carboxylic acids is 3. The number of nitrogens with one attached hydrogen (secondary N) is 2. The van der Waals surface area contributed by atoms with Gasteiger partial charge in [0.25, 0.3) is 0 Å². The maximum absolute atomic E-state index is 12.7. The molecule has 2 N–H and O–H groups in total. The zero-order chi connectivity index (χ0) is 20.6. The molecule has 2 amide bonds. The number of methoxy groups -OCH3 is 1. The second-order valence-electron chi connectivity index (χ2n) is 8.49. The van der Waals surface area contributed by atoms with Crippen molar-refractivity contribution in [1.29, 1.82) is 0 Å². The molecule has 0 aliphatic heterocycles. The quantitative estimate of drug-likeness (QED) is 0.600. The van der Waals surface area contributed by atoms with Gasteiger partial charge in [0, 0.05) is 5.92 Å². The zero-order valence-electron chi connectivity index (χ0n) is 17.8. The molecule has 0 unspecified atom stereocenters. The standard InChI is InChI=1S/C21H38N2O4/c1-7-8-15-9-11-16(12-10-15)19(24)22-17(13(2)3)20(25)23-18(14(4)5)21(26)27-6/h13-18H,7-12H2,1-6H3,(H,22,24)(H,23,25)/t15?,16?,17-,18-/m0/s1. The summed E-state index contributed by atoms with van der Waals surface area (Å²) in [6, 6.07) is -1.37. The van der Waals surface area contributed by atoms with Crippen molar-refractivity contribution in [2.24, 2.45) is 23.7 Å². The molecular formula is C21H38N2O4. The van der Waals surface area contributed by atoms with Crippen molar-refractivity contribution in [3.8, 4) is 0 Å². The summed E-state index contributed by atoms with van der Waals surface area (Å²) in [6.07, 6.45) is 6.37. The lowest BCUT2D eigenvalue weighted by Gasteiger charge is -2.30. The largest absolute Gasteiger partial charge is 0.467 e. The normalized spacial score (nSPS) is 22.2. The molecule has 6 heteroatoms. The first-order valence-corrected chi connectivity index (χ1v) is 10.4. The van der Waals surface area contributed by atoms with E-state index in [1.807, 2.05) is 27.7 Å². The molecule has 156 valence electrons. The van der Waals surface area contributed by atoms with Crippen LogP contribution >= 0.6 is 0 Å². The second kappa shape index (κ2) is 11.3. The third kappa shape index (κ3) is 7.15. The Balaban J connectivity index is 2.68. The number of rotatable bonds is 9. The lowest BCUT2D eigenvalue weighted by molar-refractivity contribution is -0.147. The number of amides is 2. The second-order valence-corrected chi connectivity index (χ2v) is 8.49. The fourth-order valence-electron chi connectivity index (χ4n) is 3.80. The Morgan fingerprint density at radius 1 is 0.926 bits per heavy atom. The van der Waals surface area contributed by atoms with Crippen molar-refractivity contribution in [3.05, 3.63) is 0 Å². The summed E-state index contributed by atoms with van der Waals surface area (Å²) in [6.45, 7) is 9.68. The van der Waals surface area contributed by atoms with Crippen molar-refractivity contribution in [2.45, 2.75) is 85.2 Å². The molecule has 0 bridgehead atoms. The van der Waals surface area contributed by atoms with E-state index in [-0.39, 0.29) is 29.6 Å². The van der Waals surface area contributed by atoms with Crippen LogP contribution < -0.4 is 10.6 Å². The highest BCUT2D eigenvalue weighted by Gasteiger charge is 2.33. The van der Waals surface area contributed by atoms with Crippen LogP contribution in [0.4, 0.5) is 0 Å². The molecule has 1 rings (SSSR count). The lowest BCUT2D eigenvalue weighted by Crippen LogP contribution is -2.56. The summed E-state index contributed by atoms with van der Waals surface area (Å²) >= 11 is 0. The number of esters is 1. The van der Waals surface area contributed by atoms with E-state index in [4.69, 9.17) is 4.74 Å². The van der Waals surface area contributed by atoms with Crippen molar-refractivity contribution in [2.75, 3.05) is 7.11 Å². The summed E-state index contributed by atoms with van der Waals surface area (Å²) in [5.41, 5.74) is 0. The maximum Gasteiger partial charge on any atom is 0.328 e. The minimum Gasteiger partial charge on any atom is -0.467 e. The first-order valence-electron chi connectivity index (χ1n) is 10.4. The number of carbonyl (C=O) groups is 3. The highest BCUT2D eigenvalue weighted by atomic mass is 16.5. The average molecular weight is 383 g/mol. The van der Waals surface area contributed by atoms with Crippen LogP contribution in [-0.4, -0.2) is 37.0 Å². The molecule has 6 nitrogen and oxygen atoms in total. The van der Waals surface area contributed by atoms with Gasteiger partial charge in [0.1, 0.15) is 12.1 Å². The number of ether oxygens (including phenoxy) is 1. The van der Waals surface area contributed by atoms with Crippen molar-refractivity contribution in [3.63, 3.8) is 0 Å². The van der Waals surface area contributed by atoms with Gasteiger partial charge < -0.3 is 15.4 Å². The van der Waals surface area contributed by atoms with Crippen molar-refractivity contribution >= 4 is 17.8 Å². The number of hydrogen-bond acceptors (Lipinski definition) is 4. The summed E-state index contributed by atoms with van der Waals surface area (Å²) in [4.78, 5) is 37.4. The van der Waals surface area contributed by atoms with Crippen LogP contribution in [0.1, 0.15) is 73.1 Å². The van der Waals surface area contributed by atoms with E-state index < -0.39 is 18.1 Å². The van der Waals surface area contributed by atoms with E-state index in [9.17, 15) is 14.4 Å². The highest BCUT2D eigenvalue weighted by Crippen LogP contribution is 2.31. The Bertz CT molecular complexity index is 496. The predicted molar refractivity (Wildman–Crippen MR) is 106 cm³/mol. The van der Waals surface area contributed by atoms with E-state index >= 15 is 0 Å².